The summed E-state index contributed by atoms with van der Waals surface area (Å²) in [5.74, 6) is -0.947. The molecule has 0 unspecified atom stereocenters. The average molecular weight is 462 g/mol. The molecule has 1 aromatic heterocycles. The van der Waals surface area contributed by atoms with E-state index in [4.69, 9.17) is 28.9 Å². The van der Waals surface area contributed by atoms with E-state index >= 15 is 0 Å². The normalized spacial score (nSPS) is 15.8. The maximum Gasteiger partial charge on any atom is 0.271 e. The van der Waals surface area contributed by atoms with Crippen molar-refractivity contribution in [2.24, 2.45) is 5.73 Å². The minimum Gasteiger partial charge on any atom is -0.364 e. The first-order valence-electron chi connectivity index (χ1n) is 9.48. The minimum atomic E-state index is -0.972. The molecule has 4 rings (SSSR count). The van der Waals surface area contributed by atoms with Gasteiger partial charge in [0.05, 0.1) is 28.5 Å². The second kappa shape index (κ2) is 8.56. The van der Waals surface area contributed by atoms with Crippen molar-refractivity contribution in [3.63, 3.8) is 0 Å². The van der Waals surface area contributed by atoms with Gasteiger partial charge in [0.15, 0.2) is 5.69 Å². The Labute approximate surface area is 187 Å². The zero-order chi connectivity index (χ0) is 22.1. The molecule has 1 aliphatic heterocycles. The molecule has 1 fully saturated rings. The van der Waals surface area contributed by atoms with Crippen LogP contribution in [0.4, 0.5) is 15.8 Å². The summed E-state index contributed by atoms with van der Waals surface area (Å²) in [7, 11) is 0. The standard InChI is InChI=1S/C21H18Cl2FN5O2/c22-15-2-1-3-16(23)19(15)29-11-17(18(27-29)20(25)30)26-14-6-4-12(5-7-14)21(31)28-9-8-13(24)10-28/h1-7,11,13,26H,8-10H2,(H2,25,30)/t13-/m1/s1. The number of primary amides is 1. The van der Waals surface area contributed by atoms with Crippen LogP contribution < -0.4 is 11.1 Å². The summed E-state index contributed by atoms with van der Waals surface area (Å²) < 4.78 is 14.7. The van der Waals surface area contributed by atoms with Gasteiger partial charge in [-0.25, -0.2) is 9.07 Å². The largest absolute Gasteiger partial charge is 0.364 e. The molecule has 2 amide bonds. The van der Waals surface area contributed by atoms with Crippen LogP contribution in [0, 0.1) is 0 Å². The SMILES string of the molecule is NC(=O)c1nn(-c2c(Cl)cccc2Cl)cc1Nc1ccc(C(=O)N2CC[C@@H](F)C2)cc1. The molecule has 160 valence electrons. The van der Waals surface area contributed by atoms with Crippen LogP contribution in [0.5, 0.6) is 0 Å². The summed E-state index contributed by atoms with van der Waals surface area (Å²) in [6.45, 7) is 0.524. The van der Waals surface area contributed by atoms with E-state index in [1.807, 2.05) is 0 Å². The van der Waals surface area contributed by atoms with E-state index in [1.54, 1.807) is 48.7 Å². The topological polar surface area (TPSA) is 93.2 Å². The van der Waals surface area contributed by atoms with E-state index in [-0.39, 0.29) is 18.1 Å². The Morgan fingerprint density at radius 3 is 2.39 bits per heavy atom. The lowest BCUT2D eigenvalue weighted by molar-refractivity contribution is 0.0782. The molecular weight excluding hydrogens is 444 g/mol. The van der Waals surface area contributed by atoms with Gasteiger partial charge in [-0.1, -0.05) is 29.3 Å². The summed E-state index contributed by atoms with van der Waals surface area (Å²) in [5.41, 5.74) is 7.30. The Hall–Kier alpha value is -3.10. The first-order chi connectivity index (χ1) is 14.8. The number of halogens is 3. The lowest BCUT2D eigenvalue weighted by atomic mass is 10.2. The van der Waals surface area contributed by atoms with Crippen molar-refractivity contribution >= 4 is 46.4 Å². The summed E-state index contributed by atoms with van der Waals surface area (Å²) in [6, 6.07) is 11.6. The number of rotatable bonds is 5. The maximum absolute atomic E-state index is 13.4. The molecule has 3 N–H and O–H groups in total. The van der Waals surface area contributed by atoms with Crippen LogP contribution in [0.1, 0.15) is 27.3 Å². The molecule has 0 saturated carbocycles. The van der Waals surface area contributed by atoms with Crippen LogP contribution >= 0.6 is 23.2 Å². The van der Waals surface area contributed by atoms with E-state index in [2.05, 4.69) is 10.4 Å². The molecule has 2 heterocycles. The maximum atomic E-state index is 13.4. The molecule has 0 aliphatic carbocycles. The highest BCUT2D eigenvalue weighted by Crippen LogP contribution is 2.30. The quantitative estimate of drug-likeness (QED) is 0.594. The molecule has 31 heavy (non-hydrogen) atoms. The molecule has 2 aromatic carbocycles. The number of amides is 2. The monoisotopic (exact) mass is 461 g/mol. The number of aromatic nitrogens is 2. The van der Waals surface area contributed by atoms with E-state index in [9.17, 15) is 14.0 Å². The van der Waals surface area contributed by atoms with Crippen molar-refractivity contribution in [2.75, 3.05) is 18.4 Å². The number of nitrogens with one attached hydrogen (secondary N) is 1. The highest BCUT2D eigenvalue weighted by molar-refractivity contribution is 6.37. The van der Waals surface area contributed by atoms with Gasteiger partial charge in [0, 0.05) is 17.8 Å². The highest BCUT2D eigenvalue weighted by Gasteiger charge is 2.26. The number of carbonyl (C=O) groups excluding carboxylic acids is 2. The Morgan fingerprint density at radius 1 is 1.13 bits per heavy atom. The average Bonchev–Trinajstić information content (AvgIpc) is 3.34. The number of alkyl halides is 1. The molecule has 3 aromatic rings. The van der Waals surface area contributed by atoms with E-state index < -0.39 is 12.1 Å². The van der Waals surface area contributed by atoms with E-state index in [1.165, 1.54) is 9.58 Å². The number of anilines is 2. The fourth-order valence-corrected chi connectivity index (χ4v) is 3.98. The number of benzene rings is 2. The third-order valence-electron chi connectivity index (χ3n) is 4.94. The third-order valence-corrected chi connectivity index (χ3v) is 5.55. The number of nitrogens with zero attached hydrogens (tertiary/aromatic N) is 3. The summed E-state index contributed by atoms with van der Waals surface area (Å²) in [6.07, 6.45) is 0.943. The fraction of sp³-hybridized carbons (Fsp3) is 0.190. The van der Waals surface area contributed by atoms with Gasteiger partial charge >= 0.3 is 0 Å². The van der Waals surface area contributed by atoms with Gasteiger partial charge in [0.25, 0.3) is 11.8 Å². The van der Waals surface area contributed by atoms with Gasteiger partial charge in [-0.2, -0.15) is 5.10 Å². The molecule has 1 saturated heterocycles. The fourth-order valence-electron chi connectivity index (χ4n) is 3.41. The number of hydrogen-bond acceptors (Lipinski definition) is 4. The van der Waals surface area contributed by atoms with Gasteiger partial charge in [0.2, 0.25) is 0 Å². The second-order valence-corrected chi connectivity index (χ2v) is 7.92. The van der Waals surface area contributed by atoms with Crippen LogP contribution in [0.2, 0.25) is 10.0 Å². The first-order valence-corrected chi connectivity index (χ1v) is 10.2. The van der Waals surface area contributed by atoms with Gasteiger partial charge in [-0.3, -0.25) is 9.59 Å². The molecule has 1 atom stereocenters. The molecule has 10 heteroatoms. The summed E-state index contributed by atoms with van der Waals surface area (Å²) in [4.78, 5) is 25.9. The second-order valence-electron chi connectivity index (χ2n) is 7.11. The lowest BCUT2D eigenvalue weighted by Gasteiger charge is -2.15. The van der Waals surface area contributed by atoms with Crippen molar-refractivity contribution in [3.8, 4) is 5.69 Å². The third kappa shape index (κ3) is 4.35. The zero-order valence-electron chi connectivity index (χ0n) is 16.2. The summed E-state index contributed by atoms with van der Waals surface area (Å²) >= 11 is 12.5. The molecule has 7 nitrogen and oxygen atoms in total. The highest BCUT2D eigenvalue weighted by atomic mass is 35.5. The Kier molecular flexibility index (Phi) is 5.84. The smallest absolute Gasteiger partial charge is 0.271 e. The van der Waals surface area contributed by atoms with Crippen LogP contribution in [0.25, 0.3) is 5.69 Å². The minimum absolute atomic E-state index is 0.00203. The van der Waals surface area contributed by atoms with Gasteiger partial charge in [0.1, 0.15) is 11.9 Å². The van der Waals surface area contributed by atoms with Crippen molar-refractivity contribution in [3.05, 3.63) is 70.0 Å². The van der Waals surface area contributed by atoms with Crippen molar-refractivity contribution in [1.82, 2.24) is 14.7 Å². The molecule has 0 radical (unpaired) electrons. The first kappa shape index (κ1) is 21.1. The number of nitrogens with two attached hydrogens (primary N) is 1. The van der Waals surface area contributed by atoms with Crippen LogP contribution in [0.15, 0.2) is 48.7 Å². The van der Waals surface area contributed by atoms with Gasteiger partial charge < -0.3 is 16.0 Å². The zero-order valence-corrected chi connectivity index (χ0v) is 17.7. The Bertz CT molecular complexity index is 1130. The van der Waals surface area contributed by atoms with Crippen molar-refractivity contribution in [1.29, 1.82) is 0 Å². The van der Waals surface area contributed by atoms with E-state index in [0.717, 1.165) is 0 Å². The number of carbonyl (C=O) groups is 2. The number of hydrogen-bond donors (Lipinski definition) is 2. The van der Waals surface area contributed by atoms with Crippen LogP contribution in [-0.2, 0) is 0 Å². The predicted molar refractivity (Wildman–Crippen MR) is 117 cm³/mol. The molecule has 0 spiro atoms. The summed E-state index contributed by atoms with van der Waals surface area (Å²) in [5, 5.41) is 8.01. The van der Waals surface area contributed by atoms with Crippen LogP contribution in [0.3, 0.4) is 0 Å². The van der Waals surface area contributed by atoms with E-state index in [0.29, 0.717) is 45.6 Å². The molecule has 0 bridgehead atoms. The van der Waals surface area contributed by atoms with Crippen molar-refractivity contribution in [2.45, 2.75) is 12.6 Å². The van der Waals surface area contributed by atoms with Crippen LogP contribution in [-0.4, -0.2) is 45.8 Å². The number of likely N-dealkylation sites (tertiary alicyclic amines) is 1. The lowest BCUT2D eigenvalue weighted by Crippen LogP contribution is -2.28. The number of para-hydroxylation sites is 1. The van der Waals surface area contributed by atoms with Crippen molar-refractivity contribution < 1.29 is 14.0 Å². The van der Waals surface area contributed by atoms with Gasteiger partial charge in [-0.15, -0.1) is 0 Å². The van der Waals surface area contributed by atoms with Gasteiger partial charge in [-0.05, 0) is 42.8 Å². The molecular formula is C21H18Cl2FN5O2. The Morgan fingerprint density at radius 2 is 1.81 bits per heavy atom. The predicted octanol–water partition coefficient (Wildman–Crippen LogP) is 4.21. The Balaban J connectivity index is 1.58. The molecule has 1 aliphatic rings.